The number of thiophene rings is 2. The molecule has 0 spiro atoms. The molecule has 4 heterocycles. The third-order valence-corrected chi connectivity index (χ3v) is 6.76. The van der Waals surface area contributed by atoms with E-state index in [9.17, 15) is 0 Å². The molecule has 6 rings (SSSR count). The maximum atomic E-state index is 6.31. The molecule has 0 radical (unpaired) electrons. The molecule has 0 bridgehead atoms. The Kier molecular flexibility index (Phi) is 2.29. The van der Waals surface area contributed by atoms with Crippen LogP contribution in [-0.4, -0.2) is 0 Å². The van der Waals surface area contributed by atoms with Crippen LogP contribution in [0.15, 0.2) is 45.2 Å². The lowest BCUT2D eigenvalue weighted by atomic mass is 10.2. The van der Waals surface area contributed by atoms with E-state index in [4.69, 9.17) is 8.83 Å². The molecular weight excluding hydrogens is 336 g/mol. The van der Waals surface area contributed by atoms with Gasteiger partial charge in [-0.2, -0.15) is 0 Å². The Morgan fingerprint density at radius 2 is 1.08 bits per heavy atom. The summed E-state index contributed by atoms with van der Waals surface area (Å²) >= 11 is 3.56. The van der Waals surface area contributed by atoms with Crippen molar-refractivity contribution in [3.05, 3.63) is 46.2 Å². The van der Waals surface area contributed by atoms with Crippen LogP contribution in [0.5, 0.6) is 0 Å². The van der Waals surface area contributed by atoms with E-state index in [0.717, 1.165) is 33.1 Å². The fraction of sp³-hybridized carbons (Fsp3) is 0.100. The molecule has 0 aliphatic heterocycles. The molecule has 4 heteroatoms. The van der Waals surface area contributed by atoms with Crippen LogP contribution in [0.3, 0.4) is 0 Å². The fourth-order valence-corrected chi connectivity index (χ4v) is 5.62. The molecule has 2 nitrogen and oxygen atoms in total. The molecule has 24 heavy (non-hydrogen) atoms. The Bertz CT molecular complexity index is 1310. The van der Waals surface area contributed by atoms with Gasteiger partial charge in [0.05, 0.1) is 20.2 Å². The smallest absolute Gasteiger partial charge is 0.181 e. The molecule has 0 fully saturated rings. The highest BCUT2D eigenvalue weighted by Gasteiger charge is 2.20. The van der Waals surface area contributed by atoms with Crippen LogP contribution < -0.4 is 0 Å². The third-order valence-electron chi connectivity index (χ3n) is 4.63. The van der Waals surface area contributed by atoms with Crippen molar-refractivity contribution in [2.24, 2.45) is 0 Å². The van der Waals surface area contributed by atoms with Gasteiger partial charge in [-0.25, -0.2) is 0 Å². The summed E-state index contributed by atoms with van der Waals surface area (Å²) in [5.74, 6) is 0. The van der Waals surface area contributed by atoms with E-state index >= 15 is 0 Å². The third kappa shape index (κ3) is 1.50. The molecule has 0 saturated carbocycles. The van der Waals surface area contributed by atoms with Crippen molar-refractivity contribution in [1.29, 1.82) is 0 Å². The average Bonchev–Trinajstić information content (AvgIpc) is 3.25. The van der Waals surface area contributed by atoms with E-state index in [2.05, 4.69) is 50.2 Å². The van der Waals surface area contributed by atoms with Crippen molar-refractivity contribution in [3.8, 4) is 0 Å². The van der Waals surface area contributed by atoms with Crippen molar-refractivity contribution < 1.29 is 8.83 Å². The van der Waals surface area contributed by atoms with Crippen LogP contribution in [0.1, 0.15) is 9.75 Å². The van der Waals surface area contributed by atoms with Crippen LogP contribution >= 0.6 is 22.7 Å². The van der Waals surface area contributed by atoms with Gasteiger partial charge < -0.3 is 8.83 Å². The summed E-state index contributed by atoms with van der Waals surface area (Å²) in [5, 5.41) is 4.61. The SMILES string of the molecule is Cc1cc2ccc3c4oc5c(ccc6cc(C)sc65)c4oc3c2s1. The van der Waals surface area contributed by atoms with Gasteiger partial charge in [0, 0.05) is 9.75 Å². The molecule has 2 aromatic carbocycles. The normalized spacial score (nSPS) is 12.6. The van der Waals surface area contributed by atoms with Gasteiger partial charge in [-0.1, -0.05) is 12.1 Å². The Hall–Kier alpha value is -2.30. The Balaban J connectivity index is 1.85. The maximum Gasteiger partial charge on any atom is 0.181 e. The lowest BCUT2D eigenvalue weighted by molar-refractivity contribution is 0.656. The first-order valence-electron chi connectivity index (χ1n) is 7.86. The monoisotopic (exact) mass is 348 g/mol. The van der Waals surface area contributed by atoms with Gasteiger partial charge in [-0.15, -0.1) is 22.7 Å². The number of hydrogen-bond acceptors (Lipinski definition) is 4. The first-order valence-corrected chi connectivity index (χ1v) is 9.49. The lowest BCUT2D eigenvalue weighted by Gasteiger charge is -1.93. The molecule has 116 valence electrons. The average molecular weight is 348 g/mol. The van der Waals surface area contributed by atoms with Gasteiger partial charge in [0.15, 0.2) is 22.3 Å². The summed E-state index contributed by atoms with van der Waals surface area (Å²) in [5.41, 5.74) is 3.63. The van der Waals surface area contributed by atoms with Gasteiger partial charge in [0.25, 0.3) is 0 Å². The number of rotatable bonds is 0. The van der Waals surface area contributed by atoms with Gasteiger partial charge in [-0.05, 0) is 48.9 Å². The van der Waals surface area contributed by atoms with Crippen LogP contribution in [0.2, 0.25) is 0 Å². The zero-order chi connectivity index (χ0) is 16.0. The number of fused-ring (bicyclic) bond motifs is 9. The number of hydrogen-bond donors (Lipinski definition) is 0. The van der Waals surface area contributed by atoms with Crippen LogP contribution in [0.4, 0.5) is 0 Å². The summed E-state index contributed by atoms with van der Waals surface area (Å²) in [6.45, 7) is 4.27. The number of furan rings is 2. The minimum absolute atomic E-state index is 0.867. The predicted octanol–water partition coefficient (Wildman–Crippen LogP) is 7.38. The van der Waals surface area contributed by atoms with Gasteiger partial charge in [-0.3, -0.25) is 0 Å². The van der Waals surface area contributed by atoms with E-state index in [-0.39, 0.29) is 0 Å². The minimum Gasteiger partial charge on any atom is -0.450 e. The summed E-state index contributed by atoms with van der Waals surface area (Å²) in [6.07, 6.45) is 0. The second-order valence-electron chi connectivity index (χ2n) is 6.30. The highest BCUT2D eigenvalue weighted by atomic mass is 32.1. The summed E-state index contributed by atoms with van der Waals surface area (Å²) < 4.78 is 15.0. The molecule has 0 saturated heterocycles. The predicted molar refractivity (Wildman–Crippen MR) is 104 cm³/mol. The van der Waals surface area contributed by atoms with E-state index in [1.165, 1.54) is 29.9 Å². The van der Waals surface area contributed by atoms with Crippen LogP contribution in [-0.2, 0) is 0 Å². The van der Waals surface area contributed by atoms with Gasteiger partial charge in [0.2, 0.25) is 0 Å². The standard InChI is InChI=1S/C20H12O2S2/c1-9-7-11-3-5-13-15-16(21-17(13)19(11)23-9)14-6-4-12-8-10(2)24-20(12)18(14)22-15/h3-8H,1-2H3. The summed E-state index contributed by atoms with van der Waals surface area (Å²) in [7, 11) is 0. The minimum atomic E-state index is 0.867. The molecule has 6 aromatic rings. The van der Waals surface area contributed by atoms with Crippen molar-refractivity contribution in [1.82, 2.24) is 0 Å². The molecular formula is C20H12O2S2. The molecule has 0 aliphatic rings. The van der Waals surface area contributed by atoms with E-state index in [1.807, 2.05) is 0 Å². The quantitative estimate of drug-likeness (QED) is 0.286. The number of aryl methyl sites for hydroxylation is 2. The molecule has 0 N–H and O–H groups in total. The topological polar surface area (TPSA) is 26.3 Å². The zero-order valence-electron chi connectivity index (χ0n) is 13.1. The first-order chi connectivity index (χ1) is 11.7. The number of benzene rings is 2. The molecule has 4 aromatic heterocycles. The first kappa shape index (κ1) is 13.0. The Morgan fingerprint density at radius 3 is 1.54 bits per heavy atom. The van der Waals surface area contributed by atoms with E-state index in [1.54, 1.807) is 22.7 Å². The molecule has 0 amide bonds. The van der Waals surface area contributed by atoms with Crippen LogP contribution in [0.25, 0.3) is 53.3 Å². The maximum absolute atomic E-state index is 6.31. The van der Waals surface area contributed by atoms with Crippen molar-refractivity contribution in [2.75, 3.05) is 0 Å². The highest BCUT2D eigenvalue weighted by molar-refractivity contribution is 7.20. The van der Waals surface area contributed by atoms with Crippen molar-refractivity contribution in [3.63, 3.8) is 0 Å². The van der Waals surface area contributed by atoms with E-state index < -0.39 is 0 Å². The molecule has 0 atom stereocenters. The summed E-state index contributed by atoms with van der Waals surface area (Å²) in [4.78, 5) is 2.59. The second-order valence-corrected chi connectivity index (χ2v) is 8.81. The van der Waals surface area contributed by atoms with Crippen molar-refractivity contribution >= 4 is 76.0 Å². The Labute approximate surface area is 144 Å². The Morgan fingerprint density at radius 1 is 0.625 bits per heavy atom. The van der Waals surface area contributed by atoms with Crippen molar-refractivity contribution in [2.45, 2.75) is 13.8 Å². The molecule has 0 unspecified atom stereocenters. The lowest BCUT2D eigenvalue weighted by Crippen LogP contribution is -1.67. The largest absolute Gasteiger partial charge is 0.450 e. The summed E-state index contributed by atoms with van der Waals surface area (Å²) in [6, 6.07) is 13.0. The second kappa shape index (κ2) is 4.21. The highest BCUT2D eigenvalue weighted by Crippen LogP contribution is 2.44. The zero-order valence-corrected chi connectivity index (χ0v) is 14.7. The molecule has 0 aliphatic carbocycles. The van der Waals surface area contributed by atoms with Gasteiger partial charge >= 0.3 is 0 Å². The van der Waals surface area contributed by atoms with Crippen LogP contribution in [0, 0.1) is 13.8 Å². The van der Waals surface area contributed by atoms with Gasteiger partial charge in [0.1, 0.15) is 0 Å². The van der Waals surface area contributed by atoms with E-state index in [0.29, 0.717) is 0 Å². The fourth-order valence-electron chi connectivity index (χ4n) is 3.62.